The topological polar surface area (TPSA) is 3.24 Å². The molecule has 1 nitrogen and oxygen atoms in total. The van der Waals surface area contributed by atoms with Gasteiger partial charge in [0.05, 0.1) is 0 Å². The molecular formula is C22H33N. The molecular weight excluding hydrogens is 278 g/mol. The number of nitrogens with zero attached hydrogens (tertiary/aromatic N) is 1. The van der Waals surface area contributed by atoms with Crippen molar-refractivity contribution in [1.82, 2.24) is 4.90 Å². The van der Waals surface area contributed by atoms with Gasteiger partial charge in [0.1, 0.15) is 0 Å². The van der Waals surface area contributed by atoms with Crippen molar-refractivity contribution in [2.24, 2.45) is 5.92 Å². The Bertz CT molecular complexity index is 590. The van der Waals surface area contributed by atoms with Crippen LogP contribution in [0.5, 0.6) is 0 Å². The zero-order valence-corrected chi connectivity index (χ0v) is 15.9. The standard InChI is InChI=1S/C22H33N/c1-16(2)18(4)22(21-10-8-7-9-17(21)3)20-13-11-19(12-14-20)15-23(5)6/h7-10,19H,11-15H2,1-6H3. The van der Waals surface area contributed by atoms with E-state index in [-0.39, 0.29) is 0 Å². The fourth-order valence-electron chi connectivity index (χ4n) is 3.74. The highest BCUT2D eigenvalue weighted by Gasteiger charge is 2.21. The Morgan fingerprint density at radius 2 is 1.65 bits per heavy atom. The zero-order chi connectivity index (χ0) is 17.0. The Labute approximate surface area is 143 Å². The highest BCUT2D eigenvalue weighted by Crippen LogP contribution is 2.38. The number of rotatable bonds is 4. The van der Waals surface area contributed by atoms with Gasteiger partial charge in [0, 0.05) is 6.54 Å². The Balaban J connectivity index is 2.36. The van der Waals surface area contributed by atoms with Crippen LogP contribution in [0.25, 0.3) is 5.57 Å². The minimum Gasteiger partial charge on any atom is -0.309 e. The molecule has 0 aromatic heterocycles. The van der Waals surface area contributed by atoms with Crippen molar-refractivity contribution < 1.29 is 0 Å². The maximum atomic E-state index is 2.34. The summed E-state index contributed by atoms with van der Waals surface area (Å²) >= 11 is 0. The molecule has 0 unspecified atom stereocenters. The van der Waals surface area contributed by atoms with Crippen LogP contribution in [0.2, 0.25) is 0 Å². The minimum atomic E-state index is 0.860. The van der Waals surface area contributed by atoms with Gasteiger partial charge in [0.2, 0.25) is 0 Å². The van der Waals surface area contributed by atoms with Crippen LogP contribution in [-0.4, -0.2) is 25.5 Å². The van der Waals surface area contributed by atoms with Crippen LogP contribution in [0.3, 0.4) is 0 Å². The molecule has 0 spiro atoms. The van der Waals surface area contributed by atoms with E-state index in [1.165, 1.54) is 60.1 Å². The van der Waals surface area contributed by atoms with E-state index >= 15 is 0 Å². The van der Waals surface area contributed by atoms with Crippen molar-refractivity contribution >= 4 is 5.57 Å². The molecule has 1 aliphatic rings. The maximum absolute atomic E-state index is 2.34. The number of hydrogen-bond acceptors (Lipinski definition) is 1. The number of benzene rings is 1. The van der Waals surface area contributed by atoms with Crippen LogP contribution < -0.4 is 0 Å². The van der Waals surface area contributed by atoms with Crippen LogP contribution in [0, 0.1) is 12.8 Å². The summed E-state index contributed by atoms with van der Waals surface area (Å²) in [7, 11) is 4.38. The SMILES string of the molecule is CC(C)=C(C)C(=C1CCC(CN(C)C)CC1)c1ccccc1C. The molecule has 0 aliphatic heterocycles. The third-order valence-electron chi connectivity index (χ3n) is 5.23. The predicted octanol–water partition coefficient (Wildman–Crippen LogP) is 5.86. The number of allylic oxidation sites excluding steroid dienone is 4. The van der Waals surface area contributed by atoms with Gasteiger partial charge >= 0.3 is 0 Å². The lowest BCUT2D eigenvalue weighted by atomic mass is 9.79. The quantitative estimate of drug-likeness (QED) is 0.673. The fraction of sp³-hybridized carbons (Fsp3) is 0.545. The molecule has 1 aromatic carbocycles. The van der Waals surface area contributed by atoms with Crippen molar-refractivity contribution in [3.8, 4) is 0 Å². The average molecular weight is 312 g/mol. The highest BCUT2D eigenvalue weighted by molar-refractivity contribution is 5.83. The van der Waals surface area contributed by atoms with Gasteiger partial charge in [-0.25, -0.2) is 0 Å². The molecule has 0 heterocycles. The summed E-state index contributed by atoms with van der Waals surface area (Å²) in [5.74, 6) is 0.860. The number of hydrogen-bond donors (Lipinski definition) is 0. The second-order valence-corrected chi connectivity index (χ2v) is 7.62. The summed E-state index contributed by atoms with van der Waals surface area (Å²) in [4.78, 5) is 2.34. The summed E-state index contributed by atoms with van der Waals surface area (Å²) in [6.45, 7) is 10.3. The van der Waals surface area contributed by atoms with Gasteiger partial charge in [-0.15, -0.1) is 0 Å². The summed E-state index contributed by atoms with van der Waals surface area (Å²) in [5, 5.41) is 0. The molecule has 0 radical (unpaired) electrons. The first kappa shape index (κ1) is 18.0. The number of aryl methyl sites for hydroxylation is 1. The van der Waals surface area contributed by atoms with Gasteiger partial charge in [0.15, 0.2) is 0 Å². The molecule has 0 amide bonds. The van der Waals surface area contributed by atoms with Gasteiger partial charge < -0.3 is 4.90 Å². The first-order valence-electron chi connectivity index (χ1n) is 8.97. The van der Waals surface area contributed by atoms with Gasteiger partial charge in [0.25, 0.3) is 0 Å². The van der Waals surface area contributed by atoms with Gasteiger partial charge in [-0.2, -0.15) is 0 Å². The molecule has 1 heteroatoms. The summed E-state index contributed by atoms with van der Waals surface area (Å²) < 4.78 is 0. The van der Waals surface area contributed by atoms with Gasteiger partial charge in [-0.05, 0) is 95.7 Å². The molecule has 1 fully saturated rings. The van der Waals surface area contributed by atoms with Crippen LogP contribution in [0.15, 0.2) is 41.0 Å². The van der Waals surface area contributed by atoms with Crippen molar-refractivity contribution in [3.05, 3.63) is 52.1 Å². The molecule has 2 rings (SSSR count). The van der Waals surface area contributed by atoms with E-state index in [0.29, 0.717) is 0 Å². The molecule has 1 aliphatic carbocycles. The first-order valence-corrected chi connectivity index (χ1v) is 8.97. The summed E-state index contributed by atoms with van der Waals surface area (Å²) in [6, 6.07) is 8.87. The fourth-order valence-corrected chi connectivity index (χ4v) is 3.74. The Morgan fingerprint density at radius 3 is 2.17 bits per heavy atom. The highest BCUT2D eigenvalue weighted by atomic mass is 15.1. The Morgan fingerprint density at radius 1 is 1.04 bits per heavy atom. The molecule has 0 N–H and O–H groups in total. The Hall–Kier alpha value is -1.34. The maximum Gasteiger partial charge on any atom is 0.000378 e. The second-order valence-electron chi connectivity index (χ2n) is 7.62. The minimum absolute atomic E-state index is 0.860. The van der Waals surface area contributed by atoms with Crippen molar-refractivity contribution in [2.45, 2.75) is 53.4 Å². The lowest BCUT2D eigenvalue weighted by Crippen LogP contribution is -2.24. The molecule has 0 bridgehead atoms. The van der Waals surface area contributed by atoms with E-state index in [4.69, 9.17) is 0 Å². The van der Waals surface area contributed by atoms with Gasteiger partial charge in [-0.3, -0.25) is 0 Å². The molecule has 0 atom stereocenters. The third-order valence-corrected chi connectivity index (χ3v) is 5.23. The van der Waals surface area contributed by atoms with Crippen molar-refractivity contribution in [1.29, 1.82) is 0 Å². The van der Waals surface area contributed by atoms with E-state index in [9.17, 15) is 0 Å². The normalized spacial score (nSPS) is 18.2. The molecule has 23 heavy (non-hydrogen) atoms. The van der Waals surface area contributed by atoms with Crippen LogP contribution in [0.4, 0.5) is 0 Å². The van der Waals surface area contributed by atoms with E-state index in [1.54, 1.807) is 5.57 Å². The lowest BCUT2D eigenvalue weighted by Gasteiger charge is -2.29. The molecule has 0 saturated heterocycles. The molecule has 1 aromatic rings. The van der Waals surface area contributed by atoms with Crippen LogP contribution >= 0.6 is 0 Å². The van der Waals surface area contributed by atoms with E-state index in [0.717, 1.165) is 5.92 Å². The van der Waals surface area contributed by atoms with Crippen molar-refractivity contribution in [2.75, 3.05) is 20.6 Å². The Kier molecular flexibility index (Phi) is 6.24. The van der Waals surface area contributed by atoms with Crippen LogP contribution in [-0.2, 0) is 0 Å². The van der Waals surface area contributed by atoms with Crippen LogP contribution in [0.1, 0.15) is 57.6 Å². The predicted molar refractivity (Wildman–Crippen MR) is 103 cm³/mol. The monoisotopic (exact) mass is 311 g/mol. The third kappa shape index (κ3) is 4.57. The second kappa shape index (κ2) is 7.97. The zero-order valence-electron chi connectivity index (χ0n) is 15.9. The average Bonchev–Trinajstić information content (AvgIpc) is 2.50. The summed E-state index contributed by atoms with van der Waals surface area (Å²) in [5.41, 5.74) is 8.95. The van der Waals surface area contributed by atoms with E-state index in [2.05, 4.69) is 71.0 Å². The largest absolute Gasteiger partial charge is 0.309 e. The molecule has 126 valence electrons. The first-order chi connectivity index (χ1) is 10.9. The summed E-state index contributed by atoms with van der Waals surface area (Å²) in [6.07, 6.45) is 5.18. The molecule has 1 saturated carbocycles. The van der Waals surface area contributed by atoms with Crippen molar-refractivity contribution in [3.63, 3.8) is 0 Å². The van der Waals surface area contributed by atoms with E-state index in [1.807, 2.05) is 0 Å². The smallest absolute Gasteiger partial charge is 0.000378 e. The lowest BCUT2D eigenvalue weighted by molar-refractivity contribution is 0.284. The van der Waals surface area contributed by atoms with E-state index < -0.39 is 0 Å². The van der Waals surface area contributed by atoms with Gasteiger partial charge in [-0.1, -0.05) is 35.4 Å².